The molecule has 1 saturated carbocycles. The van der Waals surface area contributed by atoms with Crippen molar-refractivity contribution < 1.29 is 69.0 Å². The predicted molar refractivity (Wildman–Crippen MR) is 144 cm³/mol. The van der Waals surface area contributed by atoms with Gasteiger partial charge >= 0.3 is 0 Å². The van der Waals surface area contributed by atoms with Crippen LogP contribution in [0.15, 0.2) is 9.98 Å². The van der Waals surface area contributed by atoms with Crippen LogP contribution in [0.25, 0.3) is 0 Å². The van der Waals surface area contributed by atoms with E-state index in [0.717, 1.165) is 0 Å². The summed E-state index contributed by atoms with van der Waals surface area (Å²) < 4.78 is 37.0. The number of aliphatic hydroxyl groups is 8. The lowest BCUT2D eigenvalue weighted by atomic mass is 9.81. The Morgan fingerprint density at radius 2 is 1.50 bits per heavy atom. The fourth-order valence-corrected chi connectivity index (χ4v) is 5.43. The zero-order chi connectivity index (χ0) is 33.1. The molecule has 2 heterocycles. The van der Waals surface area contributed by atoms with Gasteiger partial charge in [-0.1, -0.05) is 0 Å². The molecule has 44 heavy (non-hydrogen) atoms. The number of guanidine groups is 2. The minimum Gasteiger partial charge on any atom is -0.394 e. The number of hydrogen-bond donors (Lipinski definition) is 13. The lowest BCUT2D eigenvalue weighted by Crippen LogP contribution is -2.73. The number of nitrogens with one attached hydrogen (secondary N) is 2. The van der Waals surface area contributed by atoms with Gasteiger partial charge in [0.15, 0.2) is 42.7 Å². The highest BCUT2D eigenvalue weighted by Crippen LogP contribution is 2.39. The first kappa shape index (κ1) is 36.1. The molecule has 254 valence electrons. The molecular weight excluding hydrogens is 601 g/mol. The van der Waals surface area contributed by atoms with Crippen molar-refractivity contribution in [3.05, 3.63) is 0 Å². The van der Waals surface area contributed by atoms with Gasteiger partial charge in [0, 0.05) is 14.1 Å². The van der Waals surface area contributed by atoms with E-state index in [-0.39, 0.29) is 18.2 Å². The first-order valence-corrected chi connectivity index (χ1v) is 13.5. The van der Waals surface area contributed by atoms with E-state index in [0.29, 0.717) is 0 Å². The van der Waals surface area contributed by atoms with Gasteiger partial charge in [-0.2, -0.15) is 0 Å². The average Bonchev–Trinajstić information content (AvgIpc) is 3.27. The second kappa shape index (κ2) is 14.8. The van der Waals surface area contributed by atoms with Crippen LogP contribution in [0.2, 0.25) is 0 Å². The molecule has 16 unspecified atom stereocenters. The van der Waals surface area contributed by atoms with Crippen LogP contribution in [0.4, 0.5) is 4.39 Å². The molecule has 20 nitrogen and oxygen atoms in total. The van der Waals surface area contributed by atoms with E-state index in [1.54, 1.807) is 0 Å². The number of aldehydes is 1. The van der Waals surface area contributed by atoms with Gasteiger partial charge in [0.05, 0.1) is 43.4 Å². The minimum atomic E-state index is -2.75. The molecule has 0 spiro atoms. The number of carbonyl (C=O) groups excluding carboxylic acids is 1. The Kier molecular flexibility index (Phi) is 12.1. The van der Waals surface area contributed by atoms with E-state index in [1.165, 1.54) is 14.1 Å². The number of nitrogens with zero attached hydrogens (tertiary/aromatic N) is 2. The number of carbonyl (C=O) groups is 1. The first-order valence-electron chi connectivity index (χ1n) is 13.5. The molecule has 16 N–H and O–H groups in total. The van der Waals surface area contributed by atoms with Gasteiger partial charge in [0.1, 0.15) is 42.7 Å². The quantitative estimate of drug-likeness (QED) is 0.0454. The van der Waals surface area contributed by atoms with Crippen molar-refractivity contribution in [2.45, 2.75) is 91.5 Å². The first-order chi connectivity index (χ1) is 20.7. The van der Waals surface area contributed by atoms with Crippen molar-refractivity contribution >= 4 is 18.2 Å². The standard InChI is InChI=1S/C23H42FN7O13/c1-28-21(26)30-9-13(37)10(31-22(27)29-2)16(15(39)14(9)38)43-20-17(23(40,5-34)7(4-33)42-20)44-19-8(18(24)25)12(36)11(35)6(3-32)41-19/h5-20,32-33,35-40H,3-4,25H2,1-2H3,(H3,26,28,30)(H3,27,29,31). The summed E-state index contributed by atoms with van der Waals surface area (Å²) in [5.74, 6) is -2.29. The summed E-state index contributed by atoms with van der Waals surface area (Å²) in [6.07, 6.45) is -22.5. The number of ether oxygens (including phenoxy) is 4. The summed E-state index contributed by atoms with van der Waals surface area (Å²) >= 11 is 0. The number of rotatable bonds is 10. The number of hydrogen-bond acceptors (Lipinski definition) is 16. The molecule has 3 rings (SSSR count). The highest BCUT2D eigenvalue weighted by molar-refractivity contribution is 5.79. The Labute approximate surface area is 250 Å². The van der Waals surface area contributed by atoms with Crippen LogP contribution in [-0.2, 0) is 23.7 Å². The minimum absolute atomic E-state index is 0.0603. The smallest absolute Gasteiger partial charge is 0.188 e. The summed E-state index contributed by atoms with van der Waals surface area (Å²) in [6.45, 7) is -1.87. The Morgan fingerprint density at radius 1 is 0.909 bits per heavy atom. The molecule has 3 fully saturated rings. The lowest BCUT2D eigenvalue weighted by Gasteiger charge is -2.47. The SMILES string of the molecule is CN=C(N)NC1C(O)C(O)C(OC2OC(CO)C(O)(C=O)C2OC2OC(CO)C(O)C(O)C2C(N)F)C(NC(N)=NC)C1O. The van der Waals surface area contributed by atoms with Crippen molar-refractivity contribution in [3.8, 4) is 0 Å². The molecule has 2 aliphatic heterocycles. The predicted octanol–water partition coefficient (Wildman–Crippen LogP) is -8.38. The fourth-order valence-electron chi connectivity index (χ4n) is 5.43. The van der Waals surface area contributed by atoms with Gasteiger partial charge in [-0.25, -0.2) is 4.39 Å². The van der Waals surface area contributed by atoms with Crippen LogP contribution in [0, 0.1) is 5.92 Å². The third-order valence-electron chi connectivity index (χ3n) is 7.99. The molecular formula is C23H42FN7O13. The van der Waals surface area contributed by atoms with Gasteiger partial charge in [0.25, 0.3) is 0 Å². The monoisotopic (exact) mass is 643 g/mol. The number of halogens is 1. The van der Waals surface area contributed by atoms with E-state index >= 15 is 0 Å². The molecule has 16 atom stereocenters. The number of nitrogens with two attached hydrogens (primary N) is 3. The normalized spacial score (nSPS) is 46.0. The summed E-state index contributed by atoms with van der Waals surface area (Å²) in [6, 6.07) is -2.77. The zero-order valence-corrected chi connectivity index (χ0v) is 23.8. The Hall–Kier alpha value is -2.38. The van der Waals surface area contributed by atoms with Gasteiger partial charge in [-0.3, -0.25) is 14.8 Å². The van der Waals surface area contributed by atoms with E-state index in [2.05, 4.69) is 20.6 Å². The van der Waals surface area contributed by atoms with E-state index in [1.807, 2.05) is 0 Å². The van der Waals surface area contributed by atoms with Crippen molar-refractivity contribution in [3.63, 3.8) is 0 Å². The maximum atomic E-state index is 14.5. The fraction of sp³-hybridized carbons (Fsp3) is 0.870. The van der Waals surface area contributed by atoms with E-state index in [9.17, 15) is 50.0 Å². The Balaban J connectivity index is 2.01. The molecule has 0 aromatic heterocycles. The molecule has 21 heteroatoms. The number of alkyl halides is 1. The Bertz CT molecular complexity index is 1030. The van der Waals surface area contributed by atoms with Crippen LogP contribution >= 0.6 is 0 Å². The number of aliphatic imine (C=N–C) groups is 2. The van der Waals surface area contributed by atoms with Crippen LogP contribution in [0.5, 0.6) is 0 Å². The summed E-state index contributed by atoms with van der Waals surface area (Å²) in [7, 11) is 2.63. The highest BCUT2D eigenvalue weighted by atomic mass is 19.1. The van der Waals surface area contributed by atoms with Gasteiger partial charge in [-0.15, -0.1) is 0 Å². The molecule has 0 radical (unpaired) electrons. The molecule has 1 aliphatic carbocycles. The third-order valence-corrected chi connectivity index (χ3v) is 7.99. The highest BCUT2D eigenvalue weighted by Gasteiger charge is 2.62. The molecule has 0 amide bonds. The topological polar surface area (TPSA) is 343 Å². The number of aliphatic hydroxyl groups excluding tert-OH is 7. The summed E-state index contributed by atoms with van der Waals surface area (Å²) in [5.41, 5.74) is 14.1. The second-order valence-corrected chi connectivity index (χ2v) is 10.6. The maximum Gasteiger partial charge on any atom is 0.188 e. The lowest BCUT2D eigenvalue weighted by molar-refractivity contribution is -0.331. The largest absolute Gasteiger partial charge is 0.394 e. The molecule has 0 aromatic rings. The molecule has 3 aliphatic rings. The molecule has 0 bridgehead atoms. The van der Waals surface area contributed by atoms with Gasteiger partial charge in [0.2, 0.25) is 0 Å². The molecule has 2 saturated heterocycles. The summed E-state index contributed by atoms with van der Waals surface area (Å²) in [5, 5.41) is 89.7. The van der Waals surface area contributed by atoms with Gasteiger partial charge in [-0.05, 0) is 0 Å². The van der Waals surface area contributed by atoms with Crippen LogP contribution in [0.3, 0.4) is 0 Å². The maximum absolute atomic E-state index is 14.5. The van der Waals surface area contributed by atoms with Crippen molar-refractivity contribution in [1.82, 2.24) is 10.6 Å². The average molecular weight is 644 g/mol. The molecule has 0 aromatic carbocycles. The van der Waals surface area contributed by atoms with Crippen molar-refractivity contribution in [1.29, 1.82) is 0 Å². The second-order valence-electron chi connectivity index (χ2n) is 10.6. The van der Waals surface area contributed by atoms with Crippen molar-refractivity contribution in [2.24, 2.45) is 33.1 Å². The van der Waals surface area contributed by atoms with Crippen LogP contribution in [-0.4, -0.2) is 178 Å². The van der Waals surface area contributed by atoms with Crippen LogP contribution < -0.4 is 27.8 Å². The third kappa shape index (κ3) is 6.89. The summed E-state index contributed by atoms with van der Waals surface area (Å²) in [4.78, 5) is 19.6. The van der Waals surface area contributed by atoms with E-state index < -0.39 is 111 Å². The van der Waals surface area contributed by atoms with E-state index in [4.69, 9.17) is 36.1 Å². The van der Waals surface area contributed by atoms with Crippen molar-refractivity contribution in [2.75, 3.05) is 27.3 Å². The van der Waals surface area contributed by atoms with Crippen LogP contribution in [0.1, 0.15) is 0 Å². The zero-order valence-electron chi connectivity index (χ0n) is 23.8. The van der Waals surface area contributed by atoms with Gasteiger partial charge < -0.3 is 87.6 Å². The Morgan fingerprint density at radius 3 is 2.00 bits per heavy atom.